The molecule has 0 rings (SSSR count). The standard InChI is InChI=1S/C16H29F3O7/c1-2-3-4-21-5-6-22-7-8-23-9-10-24-11-12-25-13-14-26-15(20)16(17,18)19/h2-14H2,1H3. The van der Waals surface area contributed by atoms with Crippen LogP contribution in [0.2, 0.25) is 0 Å². The van der Waals surface area contributed by atoms with Gasteiger partial charge in [0.15, 0.2) is 0 Å². The first-order chi connectivity index (χ1) is 12.5. The molecular weight excluding hydrogens is 361 g/mol. The Kier molecular flexibility index (Phi) is 16.8. The molecule has 0 fully saturated rings. The minimum atomic E-state index is -4.98. The number of carbonyl (C=O) groups is 1. The first-order valence-electron chi connectivity index (χ1n) is 8.61. The second-order valence-corrected chi connectivity index (χ2v) is 5.05. The van der Waals surface area contributed by atoms with Crippen LogP contribution in [0.4, 0.5) is 13.2 Å². The van der Waals surface area contributed by atoms with Crippen molar-refractivity contribution in [2.24, 2.45) is 0 Å². The van der Waals surface area contributed by atoms with Crippen molar-refractivity contribution < 1.29 is 46.4 Å². The van der Waals surface area contributed by atoms with Crippen LogP contribution in [-0.2, 0) is 33.2 Å². The number of unbranched alkanes of at least 4 members (excludes halogenated alkanes) is 1. The van der Waals surface area contributed by atoms with Crippen LogP contribution in [-0.4, -0.2) is 84.8 Å². The third kappa shape index (κ3) is 17.9. The number of alkyl halides is 3. The SMILES string of the molecule is CCCCOCCOCCOCCOCCOCCOC(=O)C(F)(F)F. The third-order valence-corrected chi connectivity index (χ3v) is 2.82. The fraction of sp³-hybridized carbons (Fsp3) is 0.938. The summed E-state index contributed by atoms with van der Waals surface area (Å²) < 4.78 is 65.5. The van der Waals surface area contributed by atoms with Crippen molar-refractivity contribution in [2.45, 2.75) is 25.9 Å². The van der Waals surface area contributed by atoms with Crippen molar-refractivity contribution in [3.8, 4) is 0 Å². The summed E-state index contributed by atoms with van der Waals surface area (Å²) in [5, 5.41) is 0. The van der Waals surface area contributed by atoms with E-state index in [2.05, 4.69) is 11.7 Å². The van der Waals surface area contributed by atoms with Gasteiger partial charge in [0.2, 0.25) is 0 Å². The molecule has 0 N–H and O–H groups in total. The minimum absolute atomic E-state index is 0.124. The van der Waals surface area contributed by atoms with E-state index in [4.69, 9.17) is 23.7 Å². The highest BCUT2D eigenvalue weighted by molar-refractivity contribution is 5.75. The monoisotopic (exact) mass is 390 g/mol. The van der Waals surface area contributed by atoms with Crippen molar-refractivity contribution in [2.75, 3.05) is 72.7 Å². The lowest BCUT2D eigenvalue weighted by molar-refractivity contribution is -0.200. The maximum absolute atomic E-state index is 11.8. The van der Waals surface area contributed by atoms with E-state index >= 15 is 0 Å². The van der Waals surface area contributed by atoms with E-state index < -0.39 is 18.8 Å². The van der Waals surface area contributed by atoms with E-state index in [0.29, 0.717) is 39.6 Å². The lowest BCUT2D eigenvalue weighted by Crippen LogP contribution is -2.26. The van der Waals surface area contributed by atoms with E-state index in [1.54, 1.807) is 0 Å². The van der Waals surface area contributed by atoms with Crippen molar-refractivity contribution in [1.29, 1.82) is 0 Å². The van der Waals surface area contributed by atoms with Crippen molar-refractivity contribution in [3.05, 3.63) is 0 Å². The van der Waals surface area contributed by atoms with Crippen LogP contribution < -0.4 is 0 Å². The van der Waals surface area contributed by atoms with Crippen LogP contribution in [0.3, 0.4) is 0 Å². The van der Waals surface area contributed by atoms with Gasteiger partial charge in [0.25, 0.3) is 0 Å². The zero-order valence-corrected chi connectivity index (χ0v) is 15.2. The fourth-order valence-corrected chi connectivity index (χ4v) is 1.50. The number of halogens is 3. The Morgan fingerprint density at radius 1 is 0.654 bits per heavy atom. The van der Waals surface area contributed by atoms with E-state index in [1.165, 1.54) is 0 Å². The summed E-state index contributed by atoms with van der Waals surface area (Å²) in [6.07, 6.45) is -2.81. The van der Waals surface area contributed by atoms with E-state index in [-0.39, 0.29) is 19.8 Å². The fourth-order valence-electron chi connectivity index (χ4n) is 1.50. The van der Waals surface area contributed by atoms with Crippen LogP contribution in [0.1, 0.15) is 19.8 Å². The number of hydrogen-bond acceptors (Lipinski definition) is 7. The molecule has 0 aromatic heterocycles. The van der Waals surface area contributed by atoms with Gasteiger partial charge in [-0.05, 0) is 6.42 Å². The van der Waals surface area contributed by atoms with Gasteiger partial charge in [0.1, 0.15) is 6.61 Å². The molecular formula is C16H29F3O7. The molecule has 7 nitrogen and oxygen atoms in total. The summed E-state index contributed by atoms with van der Waals surface area (Å²) in [7, 11) is 0. The van der Waals surface area contributed by atoms with Crippen molar-refractivity contribution in [1.82, 2.24) is 0 Å². The normalized spacial score (nSPS) is 11.7. The van der Waals surface area contributed by atoms with Gasteiger partial charge in [-0.1, -0.05) is 13.3 Å². The predicted octanol–water partition coefficient (Wildman–Crippen LogP) is 1.97. The van der Waals surface area contributed by atoms with Crippen molar-refractivity contribution >= 4 is 5.97 Å². The molecule has 10 heteroatoms. The van der Waals surface area contributed by atoms with E-state index in [0.717, 1.165) is 19.4 Å². The Morgan fingerprint density at radius 3 is 1.35 bits per heavy atom. The summed E-state index contributed by atoms with van der Waals surface area (Å²) in [5.41, 5.74) is 0. The molecule has 0 saturated carbocycles. The predicted molar refractivity (Wildman–Crippen MR) is 86.0 cm³/mol. The van der Waals surface area contributed by atoms with Crippen LogP contribution in [0.15, 0.2) is 0 Å². The average molecular weight is 390 g/mol. The van der Waals surface area contributed by atoms with Gasteiger partial charge in [-0.25, -0.2) is 4.79 Å². The Balaban J connectivity index is 3.10. The number of rotatable bonds is 18. The molecule has 0 amide bonds. The van der Waals surface area contributed by atoms with Gasteiger partial charge in [0, 0.05) is 6.61 Å². The Morgan fingerprint density at radius 2 is 1.00 bits per heavy atom. The molecule has 0 aliphatic rings. The molecule has 0 radical (unpaired) electrons. The van der Waals surface area contributed by atoms with Gasteiger partial charge in [-0.3, -0.25) is 0 Å². The summed E-state index contributed by atoms with van der Waals surface area (Å²) in [4.78, 5) is 10.4. The van der Waals surface area contributed by atoms with Crippen LogP contribution >= 0.6 is 0 Å². The molecule has 0 aliphatic carbocycles. The van der Waals surface area contributed by atoms with Crippen LogP contribution in [0.5, 0.6) is 0 Å². The maximum atomic E-state index is 11.8. The molecule has 0 aromatic rings. The summed E-state index contributed by atoms with van der Waals surface area (Å²) in [5.74, 6) is -2.22. The van der Waals surface area contributed by atoms with Gasteiger partial charge in [-0.15, -0.1) is 0 Å². The summed E-state index contributed by atoms with van der Waals surface area (Å²) in [6, 6.07) is 0. The molecule has 0 aliphatic heterocycles. The van der Waals surface area contributed by atoms with Crippen LogP contribution in [0.25, 0.3) is 0 Å². The number of hydrogen-bond donors (Lipinski definition) is 0. The van der Waals surface area contributed by atoms with Gasteiger partial charge in [0.05, 0.1) is 59.5 Å². The average Bonchev–Trinajstić information content (AvgIpc) is 2.59. The highest BCUT2D eigenvalue weighted by Gasteiger charge is 2.40. The topological polar surface area (TPSA) is 72.5 Å². The maximum Gasteiger partial charge on any atom is 0.490 e. The number of carbonyl (C=O) groups excluding carboxylic acids is 1. The first-order valence-corrected chi connectivity index (χ1v) is 8.61. The minimum Gasteiger partial charge on any atom is -0.457 e. The highest BCUT2D eigenvalue weighted by atomic mass is 19.4. The summed E-state index contributed by atoms with van der Waals surface area (Å²) >= 11 is 0. The first kappa shape index (κ1) is 25.1. The number of esters is 1. The Bertz CT molecular complexity index is 327. The second kappa shape index (κ2) is 17.5. The molecule has 0 unspecified atom stereocenters. The number of ether oxygens (including phenoxy) is 6. The Hall–Kier alpha value is -0.940. The second-order valence-electron chi connectivity index (χ2n) is 5.05. The molecule has 0 saturated heterocycles. The summed E-state index contributed by atoms with van der Waals surface area (Å²) in [6.45, 7) is 5.57. The molecule has 0 atom stereocenters. The largest absolute Gasteiger partial charge is 0.490 e. The van der Waals surface area contributed by atoms with Crippen molar-refractivity contribution in [3.63, 3.8) is 0 Å². The highest BCUT2D eigenvalue weighted by Crippen LogP contribution is 2.16. The van der Waals surface area contributed by atoms with E-state index in [1.807, 2.05) is 0 Å². The van der Waals surface area contributed by atoms with E-state index in [9.17, 15) is 18.0 Å². The molecule has 156 valence electrons. The van der Waals surface area contributed by atoms with Gasteiger partial charge < -0.3 is 28.4 Å². The van der Waals surface area contributed by atoms with Gasteiger partial charge in [-0.2, -0.15) is 13.2 Å². The molecule has 0 aromatic carbocycles. The zero-order chi connectivity index (χ0) is 19.5. The zero-order valence-electron chi connectivity index (χ0n) is 15.2. The quantitative estimate of drug-likeness (QED) is 0.262. The van der Waals surface area contributed by atoms with Crippen LogP contribution in [0, 0.1) is 0 Å². The molecule has 0 bridgehead atoms. The van der Waals surface area contributed by atoms with Gasteiger partial charge >= 0.3 is 12.1 Å². The Labute approximate surface area is 152 Å². The molecule has 0 heterocycles. The lowest BCUT2D eigenvalue weighted by Gasteiger charge is -2.09. The molecule has 0 spiro atoms. The molecule has 26 heavy (non-hydrogen) atoms. The third-order valence-electron chi connectivity index (χ3n) is 2.82. The smallest absolute Gasteiger partial charge is 0.457 e. The lowest BCUT2D eigenvalue weighted by atomic mass is 10.4.